The molecule has 8 nitrogen and oxygen atoms in total. The number of hydrogen-bond acceptors (Lipinski definition) is 8. The van der Waals surface area contributed by atoms with Crippen molar-refractivity contribution in [2.45, 2.75) is 29.1 Å². The van der Waals surface area contributed by atoms with Crippen molar-refractivity contribution >= 4 is 91.5 Å². The summed E-state index contributed by atoms with van der Waals surface area (Å²) in [5, 5.41) is 10.4. The predicted molar refractivity (Wildman–Crippen MR) is 190 cm³/mol. The lowest BCUT2D eigenvalue weighted by Crippen LogP contribution is -2.53. The normalized spacial score (nSPS) is 16.8. The third-order valence-electron chi connectivity index (χ3n) is 8.63. The lowest BCUT2D eigenvalue weighted by atomic mass is 9.84. The number of carbonyl (C=O) groups is 2. The summed E-state index contributed by atoms with van der Waals surface area (Å²) in [5.74, 6) is -0.923. The predicted octanol–water partition coefficient (Wildman–Crippen LogP) is 8.66. The Labute approximate surface area is 296 Å². The maximum atomic E-state index is 15.2. The van der Waals surface area contributed by atoms with Gasteiger partial charge >= 0.3 is 0 Å². The molecule has 6 aromatic rings. The van der Waals surface area contributed by atoms with Gasteiger partial charge in [0.15, 0.2) is 15.3 Å². The van der Waals surface area contributed by atoms with Gasteiger partial charge in [0.05, 0.1) is 23.2 Å². The monoisotopic (exact) mass is 730 g/mol. The van der Waals surface area contributed by atoms with Crippen molar-refractivity contribution in [2.24, 2.45) is 0 Å². The van der Waals surface area contributed by atoms with Gasteiger partial charge in [-0.25, -0.2) is 0 Å². The highest BCUT2D eigenvalue weighted by atomic mass is 35.5. The Balaban J connectivity index is 1.32. The first-order valence-electron chi connectivity index (χ1n) is 14.7. The Bertz CT molecular complexity index is 2400. The van der Waals surface area contributed by atoms with Crippen LogP contribution in [0, 0.1) is 6.92 Å². The molecule has 1 unspecified atom stereocenters. The number of fused-ring (bicyclic) bond motifs is 5. The Morgan fingerprint density at radius 2 is 1.62 bits per heavy atom. The molecule has 0 N–H and O–H groups in total. The largest absolute Gasteiger partial charge is 0.450 e. The van der Waals surface area contributed by atoms with Crippen LogP contribution in [0.15, 0.2) is 98.5 Å². The fourth-order valence-corrected chi connectivity index (χ4v) is 9.00. The zero-order valence-electron chi connectivity index (χ0n) is 24.9. The van der Waals surface area contributed by atoms with Crippen molar-refractivity contribution in [1.82, 2.24) is 10.2 Å². The Hall–Kier alpha value is -4.19. The Morgan fingerprint density at radius 3 is 2.44 bits per heavy atom. The van der Waals surface area contributed by atoms with E-state index in [0.717, 1.165) is 28.0 Å². The molecule has 2 aliphatic rings. The van der Waals surface area contributed by atoms with Crippen LogP contribution in [-0.2, 0) is 22.6 Å². The summed E-state index contributed by atoms with van der Waals surface area (Å²) in [5.41, 5.74) is 1.44. The number of nitrogens with zero attached hydrogens (tertiary/aromatic N) is 4. The van der Waals surface area contributed by atoms with Crippen molar-refractivity contribution in [3.05, 3.63) is 144 Å². The minimum atomic E-state index is -1.91. The number of amides is 2. The molecule has 4 aromatic carbocycles. The molecule has 8 rings (SSSR count). The topological polar surface area (TPSA) is 96.6 Å². The van der Waals surface area contributed by atoms with Gasteiger partial charge in [0.25, 0.3) is 11.8 Å². The van der Waals surface area contributed by atoms with Crippen molar-refractivity contribution in [1.29, 1.82) is 0 Å². The highest BCUT2D eigenvalue weighted by molar-refractivity contribution is 8.00. The first kappa shape index (κ1) is 31.1. The number of benzene rings is 4. The van der Waals surface area contributed by atoms with Crippen molar-refractivity contribution < 1.29 is 14.0 Å². The van der Waals surface area contributed by atoms with Crippen LogP contribution in [-0.4, -0.2) is 22.0 Å². The fraction of sp³-hybridized carbons (Fsp3) is 0.114. The molecule has 1 atom stereocenters. The first-order chi connectivity index (χ1) is 23.2. The maximum absolute atomic E-state index is 15.2. The van der Waals surface area contributed by atoms with E-state index >= 15 is 4.79 Å². The van der Waals surface area contributed by atoms with Crippen molar-refractivity contribution in [2.75, 3.05) is 9.80 Å². The summed E-state index contributed by atoms with van der Waals surface area (Å²) >= 11 is 21.3. The summed E-state index contributed by atoms with van der Waals surface area (Å²) < 4.78 is 6.70. The van der Waals surface area contributed by atoms with E-state index in [-0.39, 0.29) is 34.0 Å². The number of para-hydroxylation sites is 1. The summed E-state index contributed by atoms with van der Waals surface area (Å²) in [6, 6.07) is 24.8. The zero-order chi connectivity index (χ0) is 33.3. The molecule has 0 bridgehead atoms. The number of carbonyl (C=O) groups excluding carboxylic acids is 2. The number of rotatable bonds is 6. The molecule has 0 saturated carbocycles. The number of aryl methyl sites for hydroxylation is 1. The highest BCUT2D eigenvalue weighted by Crippen LogP contribution is 2.55. The molecule has 0 saturated heterocycles. The highest BCUT2D eigenvalue weighted by Gasteiger charge is 2.66. The molecule has 238 valence electrons. The van der Waals surface area contributed by atoms with E-state index in [0.29, 0.717) is 36.4 Å². The van der Waals surface area contributed by atoms with Crippen LogP contribution >= 0.6 is 57.9 Å². The van der Waals surface area contributed by atoms with Gasteiger partial charge in [-0.1, -0.05) is 106 Å². The van der Waals surface area contributed by atoms with Crippen molar-refractivity contribution in [3.8, 4) is 0 Å². The van der Waals surface area contributed by atoms with Crippen LogP contribution in [0.1, 0.15) is 38.4 Å². The number of hydrogen-bond donors (Lipinski definition) is 0. The van der Waals surface area contributed by atoms with Gasteiger partial charge < -0.3 is 9.32 Å². The van der Waals surface area contributed by atoms with Gasteiger partial charge in [-0.05, 0) is 60.0 Å². The molecule has 48 heavy (non-hydrogen) atoms. The number of thioether (sulfide) groups is 1. The third kappa shape index (κ3) is 4.69. The molecule has 1 spiro atoms. The van der Waals surface area contributed by atoms with E-state index in [2.05, 4.69) is 10.2 Å². The average Bonchev–Trinajstić information content (AvgIpc) is 3.71. The SMILES string of the molecule is Cc1ccccc1CN1C(=O)C2(c3ccccc31)c1c(oc3ccc(Cl)cc3c1=O)C(=O)N2c1nnc(SCc2ccc(Cl)cc2Cl)s1. The van der Waals surface area contributed by atoms with Crippen molar-refractivity contribution in [3.63, 3.8) is 0 Å². The van der Waals surface area contributed by atoms with Gasteiger partial charge in [0.1, 0.15) is 5.58 Å². The van der Waals surface area contributed by atoms with Crippen LogP contribution in [0.5, 0.6) is 0 Å². The second kappa shape index (κ2) is 11.7. The zero-order valence-corrected chi connectivity index (χ0v) is 28.8. The Morgan fingerprint density at radius 1 is 0.875 bits per heavy atom. The second-order valence-electron chi connectivity index (χ2n) is 11.3. The van der Waals surface area contributed by atoms with Gasteiger partial charge in [-0.2, -0.15) is 0 Å². The van der Waals surface area contributed by atoms with E-state index in [9.17, 15) is 9.59 Å². The second-order valence-corrected chi connectivity index (χ2v) is 14.8. The molecular weight excluding hydrogens is 711 g/mol. The van der Waals surface area contributed by atoms with Crippen LogP contribution in [0.4, 0.5) is 10.8 Å². The van der Waals surface area contributed by atoms with Crippen LogP contribution in [0.25, 0.3) is 11.0 Å². The molecule has 4 heterocycles. The van der Waals surface area contributed by atoms with E-state index in [1.54, 1.807) is 41.3 Å². The van der Waals surface area contributed by atoms with Gasteiger partial charge in [0, 0.05) is 26.4 Å². The van der Waals surface area contributed by atoms with Gasteiger partial charge in [-0.3, -0.25) is 19.3 Å². The van der Waals surface area contributed by atoms with Crippen LogP contribution < -0.4 is 15.2 Å². The molecular formula is C35H21Cl3N4O4S2. The Kier molecular flexibility index (Phi) is 7.61. The maximum Gasteiger partial charge on any atom is 0.297 e. The third-order valence-corrected chi connectivity index (χ3v) is 11.5. The summed E-state index contributed by atoms with van der Waals surface area (Å²) in [6.07, 6.45) is 0. The number of anilines is 2. The van der Waals surface area contributed by atoms with E-state index in [4.69, 9.17) is 39.2 Å². The average molecular weight is 732 g/mol. The molecule has 13 heteroatoms. The molecule has 2 aliphatic heterocycles. The first-order valence-corrected chi connectivity index (χ1v) is 17.6. The lowest BCUT2D eigenvalue weighted by molar-refractivity contribution is -0.121. The number of aromatic nitrogens is 2. The summed E-state index contributed by atoms with van der Waals surface area (Å²) in [7, 11) is 0. The molecule has 0 radical (unpaired) electrons. The van der Waals surface area contributed by atoms with Gasteiger partial charge in [0.2, 0.25) is 10.9 Å². The lowest BCUT2D eigenvalue weighted by Gasteiger charge is -2.32. The minimum absolute atomic E-state index is 0.0793. The summed E-state index contributed by atoms with van der Waals surface area (Å²) in [4.78, 5) is 47.2. The van der Waals surface area contributed by atoms with E-state index in [1.807, 2.05) is 49.4 Å². The molecule has 0 fully saturated rings. The minimum Gasteiger partial charge on any atom is -0.450 e. The van der Waals surface area contributed by atoms with E-state index in [1.165, 1.54) is 22.7 Å². The molecule has 0 aliphatic carbocycles. The standard InChI is InChI=1S/C35H21Cl3N4O4S2/c1-18-6-2-3-7-19(18)16-41-26-9-5-4-8-24(26)35(32(41)45)28-29(43)23-14-21(36)12-13-27(23)46-30(28)31(44)42(35)33-39-40-34(48-33)47-17-20-10-11-22(37)15-25(20)38/h2-15H,16-17H2,1H3. The van der Waals surface area contributed by atoms with Crippen LogP contribution in [0.3, 0.4) is 0 Å². The van der Waals surface area contributed by atoms with Crippen LogP contribution in [0.2, 0.25) is 15.1 Å². The van der Waals surface area contributed by atoms with Gasteiger partial charge in [-0.15, -0.1) is 10.2 Å². The molecule has 2 aromatic heterocycles. The molecule has 2 amide bonds. The smallest absolute Gasteiger partial charge is 0.297 e. The van der Waals surface area contributed by atoms with E-state index < -0.39 is 22.8 Å². The number of halogens is 3. The quantitative estimate of drug-likeness (QED) is 0.125. The summed E-state index contributed by atoms with van der Waals surface area (Å²) in [6.45, 7) is 2.19. The fourth-order valence-electron chi connectivity index (χ4n) is 6.38.